The van der Waals surface area contributed by atoms with E-state index in [2.05, 4.69) is 13.8 Å². The predicted octanol–water partition coefficient (Wildman–Crippen LogP) is 2.16. The molecule has 4 heteroatoms. The van der Waals surface area contributed by atoms with Crippen LogP contribution in [-0.4, -0.2) is 40.9 Å². The molecule has 4 aliphatic carbocycles. The van der Waals surface area contributed by atoms with Gasteiger partial charge in [-0.3, -0.25) is 4.79 Å². The van der Waals surface area contributed by atoms with E-state index >= 15 is 0 Å². The molecule has 24 heavy (non-hydrogen) atoms. The first-order valence-electron chi connectivity index (χ1n) is 9.79. The number of hydrogen-bond acceptors (Lipinski definition) is 4. The van der Waals surface area contributed by atoms with Crippen LogP contribution >= 0.6 is 0 Å². The Labute approximate surface area is 144 Å². The lowest BCUT2D eigenvalue weighted by atomic mass is 9.40. The number of fused-ring (bicyclic) bond motifs is 1. The Kier molecular flexibility index (Phi) is 2.92. The number of carbonyl (C=O) groups is 1. The number of aliphatic hydroxyl groups excluding tert-OH is 2. The summed E-state index contributed by atoms with van der Waals surface area (Å²) in [5, 5.41) is 22.4. The van der Waals surface area contributed by atoms with E-state index in [-0.39, 0.29) is 40.5 Å². The molecule has 4 saturated carbocycles. The number of hydrogen-bond donors (Lipinski definition) is 2. The molecule has 0 amide bonds. The first-order chi connectivity index (χ1) is 11.3. The summed E-state index contributed by atoms with van der Waals surface area (Å²) in [6, 6.07) is 0. The molecule has 1 saturated heterocycles. The molecule has 0 radical (unpaired) electrons. The third-order valence-electron chi connectivity index (χ3n) is 9.06. The van der Waals surface area contributed by atoms with Crippen molar-refractivity contribution < 1.29 is 19.7 Å². The van der Waals surface area contributed by atoms with Crippen molar-refractivity contribution in [3.63, 3.8) is 0 Å². The average Bonchev–Trinajstić information content (AvgIpc) is 2.93. The molecule has 0 aromatic carbocycles. The van der Waals surface area contributed by atoms with Crippen LogP contribution in [0.2, 0.25) is 0 Å². The largest absolute Gasteiger partial charge is 0.392 e. The highest BCUT2D eigenvalue weighted by Crippen LogP contribution is 2.73. The molecule has 1 unspecified atom stereocenters. The van der Waals surface area contributed by atoms with Crippen LogP contribution < -0.4 is 0 Å². The highest BCUT2D eigenvalue weighted by atomic mass is 16.5. The van der Waals surface area contributed by atoms with Gasteiger partial charge in [-0.15, -0.1) is 0 Å². The standard InChI is InChI=1S/C20H30O4/c1-10-11-7-12-15-19(9-24-12)6-4-5-18(2,3)13(19)8-14(21)20(15,16(10)22)17(11)23/h10-15,17,21,23H,4-9H2,1-3H3/t10-,11+,12-,13-,14-,15+,17-,19+,20?/m1/s1. The second kappa shape index (κ2) is 4.44. The van der Waals surface area contributed by atoms with Gasteiger partial charge < -0.3 is 14.9 Å². The maximum Gasteiger partial charge on any atom is 0.147 e. The van der Waals surface area contributed by atoms with Gasteiger partial charge in [-0.05, 0) is 42.9 Å². The van der Waals surface area contributed by atoms with Crippen molar-refractivity contribution in [1.82, 2.24) is 0 Å². The van der Waals surface area contributed by atoms with E-state index in [1.54, 1.807) is 0 Å². The van der Waals surface area contributed by atoms with Gasteiger partial charge in [0.15, 0.2) is 0 Å². The second-order valence-corrected chi connectivity index (χ2v) is 10.1. The molecule has 1 aliphatic heterocycles. The van der Waals surface area contributed by atoms with Crippen LogP contribution in [-0.2, 0) is 9.53 Å². The minimum atomic E-state index is -0.965. The fourth-order valence-electron chi connectivity index (χ4n) is 8.19. The molecule has 0 aromatic heterocycles. The van der Waals surface area contributed by atoms with Gasteiger partial charge in [0.25, 0.3) is 0 Å². The average molecular weight is 334 g/mol. The van der Waals surface area contributed by atoms with Crippen LogP contribution in [0.1, 0.15) is 52.9 Å². The van der Waals surface area contributed by atoms with Crippen molar-refractivity contribution in [3.05, 3.63) is 0 Å². The predicted molar refractivity (Wildman–Crippen MR) is 88.1 cm³/mol. The topological polar surface area (TPSA) is 66.8 Å². The van der Waals surface area contributed by atoms with Gasteiger partial charge in [0.2, 0.25) is 0 Å². The van der Waals surface area contributed by atoms with E-state index in [0.29, 0.717) is 18.9 Å². The smallest absolute Gasteiger partial charge is 0.147 e. The normalized spacial score (nSPS) is 60.7. The Morgan fingerprint density at radius 2 is 1.92 bits per heavy atom. The Hall–Kier alpha value is -0.450. The summed E-state index contributed by atoms with van der Waals surface area (Å²) in [6.45, 7) is 7.30. The zero-order valence-electron chi connectivity index (χ0n) is 15.0. The molecule has 9 atom stereocenters. The number of rotatable bonds is 0. The van der Waals surface area contributed by atoms with E-state index in [9.17, 15) is 15.0 Å². The molecule has 4 nitrogen and oxygen atoms in total. The van der Waals surface area contributed by atoms with E-state index < -0.39 is 17.6 Å². The van der Waals surface area contributed by atoms with Crippen LogP contribution in [0.3, 0.4) is 0 Å². The van der Waals surface area contributed by atoms with Crippen molar-refractivity contribution in [3.8, 4) is 0 Å². The lowest BCUT2D eigenvalue weighted by Crippen LogP contribution is -2.68. The molecule has 2 N–H and O–H groups in total. The third-order valence-corrected chi connectivity index (χ3v) is 9.06. The van der Waals surface area contributed by atoms with E-state index in [1.165, 1.54) is 6.42 Å². The molecule has 5 rings (SSSR count). The minimum Gasteiger partial charge on any atom is -0.392 e. The first kappa shape index (κ1) is 15.8. The lowest BCUT2D eigenvalue weighted by molar-refractivity contribution is -0.220. The monoisotopic (exact) mass is 334 g/mol. The number of carbonyl (C=O) groups excluding carboxylic acids is 1. The van der Waals surface area contributed by atoms with Gasteiger partial charge in [0.05, 0.1) is 30.3 Å². The summed E-state index contributed by atoms with van der Waals surface area (Å²) < 4.78 is 6.32. The molecule has 134 valence electrons. The minimum absolute atomic E-state index is 0.00187. The van der Waals surface area contributed by atoms with Gasteiger partial charge in [-0.1, -0.05) is 27.2 Å². The number of aliphatic hydroxyl groups is 2. The molecule has 2 spiro atoms. The Morgan fingerprint density at radius 1 is 1.17 bits per heavy atom. The Bertz CT molecular complexity index is 600. The van der Waals surface area contributed by atoms with Crippen molar-refractivity contribution in [2.75, 3.05) is 6.61 Å². The zero-order chi connectivity index (χ0) is 17.1. The molecule has 5 fully saturated rings. The molecular weight excluding hydrogens is 304 g/mol. The van der Waals surface area contributed by atoms with Gasteiger partial charge in [-0.25, -0.2) is 0 Å². The fraction of sp³-hybridized carbons (Fsp3) is 0.950. The molecule has 1 heterocycles. The molecule has 0 aromatic rings. The van der Waals surface area contributed by atoms with Gasteiger partial charge in [-0.2, -0.15) is 0 Å². The van der Waals surface area contributed by atoms with Crippen LogP contribution in [0.25, 0.3) is 0 Å². The van der Waals surface area contributed by atoms with Crippen LogP contribution in [0.5, 0.6) is 0 Å². The summed E-state index contributed by atoms with van der Waals surface area (Å²) in [7, 11) is 0. The maximum atomic E-state index is 13.3. The lowest BCUT2D eigenvalue weighted by Gasteiger charge is -2.63. The summed E-state index contributed by atoms with van der Waals surface area (Å²) in [4.78, 5) is 13.3. The Morgan fingerprint density at radius 3 is 2.67 bits per heavy atom. The van der Waals surface area contributed by atoms with Gasteiger partial charge in [0.1, 0.15) is 5.78 Å². The highest BCUT2D eigenvalue weighted by molar-refractivity contribution is 5.92. The quantitative estimate of drug-likeness (QED) is 0.712. The summed E-state index contributed by atoms with van der Waals surface area (Å²) in [5.41, 5.74) is -0.834. The zero-order valence-corrected chi connectivity index (χ0v) is 15.0. The van der Waals surface area contributed by atoms with Crippen LogP contribution in [0.4, 0.5) is 0 Å². The number of ether oxygens (including phenoxy) is 1. The van der Waals surface area contributed by atoms with E-state index in [1.807, 2.05) is 6.92 Å². The highest BCUT2D eigenvalue weighted by Gasteiger charge is 2.79. The second-order valence-electron chi connectivity index (χ2n) is 10.1. The van der Waals surface area contributed by atoms with Crippen molar-refractivity contribution in [2.45, 2.75) is 71.2 Å². The Balaban J connectivity index is 1.72. The summed E-state index contributed by atoms with van der Waals surface area (Å²) in [5.74, 6) is 0.293. The van der Waals surface area contributed by atoms with Gasteiger partial charge >= 0.3 is 0 Å². The van der Waals surface area contributed by atoms with Crippen molar-refractivity contribution in [1.29, 1.82) is 0 Å². The van der Waals surface area contributed by atoms with Crippen LogP contribution in [0, 0.1) is 39.9 Å². The third kappa shape index (κ3) is 1.44. The molecular formula is C20H30O4. The van der Waals surface area contributed by atoms with E-state index in [0.717, 1.165) is 19.3 Å². The summed E-state index contributed by atoms with van der Waals surface area (Å²) >= 11 is 0. The number of Topliss-reactive ketones (excluding diaryl/α,β-unsaturated/α-hetero) is 1. The fourth-order valence-corrected chi connectivity index (χ4v) is 8.19. The first-order valence-corrected chi connectivity index (χ1v) is 9.79. The summed E-state index contributed by atoms with van der Waals surface area (Å²) in [6.07, 6.45) is 3.45. The molecule has 5 aliphatic rings. The number of ketones is 1. The van der Waals surface area contributed by atoms with Gasteiger partial charge in [0, 0.05) is 17.3 Å². The van der Waals surface area contributed by atoms with Crippen LogP contribution in [0.15, 0.2) is 0 Å². The van der Waals surface area contributed by atoms with Crippen molar-refractivity contribution in [2.24, 2.45) is 39.9 Å². The maximum absolute atomic E-state index is 13.3. The van der Waals surface area contributed by atoms with E-state index in [4.69, 9.17) is 4.74 Å². The van der Waals surface area contributed by atoms with Crippen molar-refractivity contribution >= 4 is 5.78 Å². The molecule has 2 bridgehead atoms. The SMILES string of the molecule is C[C@H]1C(=O)C23[C@H](O)C[C@@H]4C(C)(C)CCC[C@]45CO[C@H](C[C@@H]1[C@H]2O)[C@H]35.